The van der Waals surface area contributed by atoms with Crippen molar-refractivity contribution in [1.29, 1.82) is 0 Å². The summed E-state index contributed by atoms with van der Waals surface area (Å²) in [5.74, 6) is 2.13. The van der Waals surface area contributed by atoms with Crippen molar-refractivity contribution < 1.29 is 63.8 Å². The second-order valence-electron chi connectivity index (χ2n) is 9.89. The van der Waals surface area contributed by atoms with Gasteiger partial charge >= 0.3 is 0 Å². The molecule has 12 heteroatoms. The minimum atomic E-state index is 0. The minimum absolute atomic E-state index is 0. The molecule has 1 radical (unpaired) electrons. The molecule has 8 nitrogen and oxygen atoms in total. The summed E-state index contributed by atoms with van der Waals surface area (Å²) in [6, 6.07) is 4.21. The summed E-state index contributed by atoms with van der Waals surface area (Å²) in [7, 11) is 8.24. The molecular formula is C30H28Cl3MnN8-. The molecule has 8 bridgehead atoms. The van der Waals surface area contributed by atoms with Gasteiger partial charge in [-0.3, -0.25) is 0 Å². The molecule has 42 heavy (non-hydrogen) atoms. The Labute approximate surface area is 274 Å². The largest absolute Gasteiger partial charge is 1.00 e. The van der Waals surface area contributed by atoms with Gasteiger partial charge in [0.25, 0.3) is 5.82 Å². The molecule has 2 N–H and O–H groups in total. The fourth-order valence-electron chi connectivity index (χ4n) is 5.43. The van der Waals surface area contributed by atoms with E-state index in [9.17, 15) is 0 Å². The van der Waals surface area contributed by atoms with Crippen molar-refractivity contribution in [3.05, 3.63) is 120 Å². The molecule has 7 rings (SSSR count). The molecule has 0 atom stereocenters. The van der Waals surface area contributed by atoms with E-state index in [1.54, 1.807) is 0 Å². The number of halogens is 3. The first-order valence-corrected chi connectivity index (χ1v) is 12.6. The minimum Gasteiger partial charge on any atom is -1.00 e. The quantitative estimate of drug-likeness (QED) is 0.236. The van der Waals surface area contributed by atoms with Gasteiger partial charge in [-0.2, -0.15) is 0 Å². The van der Waals surface area contributed by atoms with Gasteiger partial charge in [0.1, 0.15) is 18.2 Å². The zero-order valence-corrected chi connectivity index (χ0v) is 26.7. The molecule has 0 spiro atoms. The van der Waals surface area contributed by atoms with Crippen LogP contribution in [-0.2, 0) is 31.2 Å². The number of hydrogen-bond acceptors (Lipinski definition) is 4. The van der Waals surface area contributed by atoms with E-state index in [0.717, 1.165) is 68.4 Å². The SMILES string of the molecule is CN1C=CN(C)C1=C1C2=NC(=CC3=[NH+]C(=C(c4n(C)cc[n+]4C)C4=NC(=Cc5ccc1[nH]5)C=C4)C=C3)C=C2.[Cl-].[Cl-].[Cl-].[Mn]. The van der Waals surface area contributed by atoms with E-state index in [-0.39, 0.29) is 54.3 Å². The molecule has 0 unspecified atom stereocenters. The van der Waals surface area contributed by atoms with Crippen LogP contribution in [0.5, 0.6) is 0 Å². The van der Waals surface area contributed by atoms with Crippen molar-refractivity contribution >= 4 is 34.4 Å². The molecule has 7 heterocycles. The number of allylic oxidation sites excluding steroid dienone is 9. The third-order valence-electron chi connectivity index (χ3n) is 7.21. The van der Waals surface area contributed by atoms with Crippen molar-refractivity contribution in [1.82, 2.24) is 19.4 Å². The summed E-state index contributed by atoms with van der Waals surface area (Å²) in [4.78, 5) is 21.6. The van der Waals surface area contributed by atoms with E-state index in [0.29, 0.717) is 0 Å². The number of aliphatic imine (C=N–C) groups is 2. The van der Waals surface area contributed by atoms with Crippen molar-refractivity contribution in [2.75, 3.05) is 14.1 Å². The van der Waals surface area contributed by atoms with E-state index in [4.69, 9.17) is 9.98 Å². The third-order valence-corrected chi connectivity index (χ3v) is 7.21. The molecule has 0 amide bonds. The predicted molar refractivity (Wildman–Crippen MR) is 150 cm³/mol. The first-order valence-electron chi connectivity index (χ1n) is 12.6. The Morgan fingerprint density at radius 1 is 0.786 bits per heavy atom. The average Bonchev–Trinajstić information content (AvgIpc) is 3.73. The summed E-state index contributed by atoms with van der Waals surface area (Å²) >= 11 is 0. The summed E-state index contributed by atoms with van der Waals surface area (Å²) in [5, 5.41) is 0. The van der Waals surface area contributed by atoms with Crippen LogP contribution in [0.4, 0.5) is 0 Å². The van der Waals surface area contributed by atoms with E-state index in [2.05, 4.69) is 143 Å². The normalized spacial score (nSPS) is 17.8. The van der Waals surface area contributed by atoms with Gasteiger partial charge < -0.3 is 52.0 Å². The van der Waals surface area contributed by atoms with Gasteiger partial charge in [-0.05, 0) is 42.5 Å². The van der Waals surface area contributed by atoms with Crippen LogP contribution in [0.15, 0.2) is 112 Å². The van der Waals surface area contributed by atoms with E-state index in [1.807, 2.05) is 0 Å². The number of H-pyrrole nitrogens is 1. The maximum Gasteiger partial charge on any atom is 0.297 e. The smallest absolute Gasteiger partial charge is 0.297 e. The topological polar surface area (TPSA) is 69.8 Å². The monoisotopic (exact) mass is 660 g/mol. The molecule has 0 saturated heterocycles. The van der Waals surface area contributed by atoms with Crippen molar-refractivity contribution in [2.45, 2.75) is 0 Å². The van der Waals surface area contributed by atoms with Crippen molar-refractivity contribution in [2.24, 2.45) is 24.1 Å². The van der Waals surface area contributed by atoms with Crippen LogP contribution >= 0.6 is 0 Å². The first-order chi connectivity index (χ1) is 18.4. The Hall–Kier alpha value is -3.59. The van der Waals surface area contributed by atoms with Crippen molar-refractivity contribution in [3.63, 3.8) is 0 Å². The molecule has 2 aromatic rings. The molecule has 5 aliphatic heterocycles. The number of aromatic amines is 1. The fourth-order valence-corrected chi connectivity index (χ4v) is 5.43. The van der Waals surface area contributed by atoms with E-state index >= 15 is 0 Å². The van der Waals surface area contributed by atoms with Crippen LogP contribution < -0.4 is 46.8 Å². The molecule has 0 saturated carbocycles. The Morgan fingerprint density at radius 3 is 2.07 bits per heavy atom. The maximum atomic E-state index is 5.04. The Morgan fingerprint density at radius 2 is 1.43 bits per heavy atom. The van der Waals surface area contributed by atoms with Crippen LogP contribution in [0.2, 0.25) is 0 Å². The van der Waals surface area contributed by atoms with Crippen LogP contribution in [0.3, 0.4) is 0 Å². The average molecular weight is 662 g/mol. The van der Waals surface area contributed by atoms with Gasteiger partial charge in [-0.1, -0.05) is 0 Å². The van der Waals surface area contributed by atoms with Gasteiger partial charge in [0, 0.05) is 67.5 Å². The number of nitrogens with zero attached hydrogens (tertiary/aromatic N) is 6. The van der Waals surface area contributed by atoms with Crippen molar-refractivity contribution in [3.8, 4) is 0 Å². The first kappa shape index (κ1) is 32.9. The van der Waals surface area contributed by atoms with Crippen LogP contribution in [0.25, 0.3) is 17.2 Å². The van der Waals surface area contributed by atoms with Crippen LogP contribution in [0, 0.1) is 0 Å². The zero-order chi connectivity index (χ0) is 26.0. The van der Waals surface area contributed by atoms with Gasteiger partial charge in [0.2, 0.25) is 11.4 Å². The van der Waals surface area contributed by atoms with Gasteiger partial charge in [0.15, 0.2) is 5.57 Å². The number of hydrogen-bond donors (Lipinski definition) is 2. The zero-order valence-electron chi connectivity index (χ0n) is 23.3. The Balaban J connectivity index is 0.00000121. The Bertz CT molecular complexity index is 1740. The summed E-state index contributed by atoms with van der Waals surface area (Å²) in [5.41, 5.74) is 9.68. The summed E-state index contributed by atoms with van der Waals surface area (Å²) in [6.07, 6.45) is 24.9. The molecule has 0 aromatic carbocycles. The van der Waals surface area contributed by atoms with E-state index in [1.165, 1.54) is 0 Å². The second kappa shape index (κ2) is 12.7. The van der Waals surface area contributed by atoms with Gasteiger partial charge in [-0.15, -0.1) is 0 Å². The van der Waals surface area contributed by atoms with Gasteiger partial charge in [-0.25, -0.2) is 24.1 Å². The Kier molecular flexibility index (Phi) is 9.98. The van der Waals surface area contributed by atoms with Crippen LogP contribution in [0.1, 0.15) is 17.2 Å². The fraction of sp³-hybridized carbons (Fsp3) is 0.133. The maximum absolute atomic E-state index is 5.04. The molecular weight excluding hydrogens is 634 g/mol. The van der Waals surface area contributed by atoms with E-state index < -0.39 is 0 Å². The number of rotatable bonds is 1. The molecule has 5 aliphatic rings. The number of aromatic nitrogens is 3. The van der Waals surface area contributed by atoms with Gasteiger partial charge in [0.05, 0.1) is 48.2 Å². The number of imidazole rings is 1. The molecule has 217 valence electrons. The third kappa shape index (κ3) is 5.59. The molecule has 2 aromatic heterocycles. The summed E-state index contributed by atoms with van der Waals surface area (Å²) < 4.78 is 4.25. The number of aryl methyl sites for hydroxylation is 2. The second-order valence-corrected chi connectivity index (χ2v) is 9.89. The predicted octanol–water partition coefficient (Wildman–Crippen LogP) is -7.03. The summed E-state index contributed by atoms with van der Waals surface area (Å²) in [6.45, 7) is 0. The van der Waals surface area contributed by atoms with Crippen LogP contribution in [-0.4, -0.2) is 50.6 Å². The molecule has 0 fully saturated rings. The number of fused-ring (bicyclic) bond motifs is 5. The standard InChI is InChI=1S/C30H27N8.3ClH.Mn/c1-35-13-14-36(2)29(35)27-23-9-5-19(31-23)17-21-7-11-25(33-21)28(30-37(3)15-16-38(30)4)26-12-8-22(34-26)18-20-6-10-24(27)32-20;;;;/h5-18,31H,1-4H3;3*1H;/q+1;;;;/p-2. The molecule has 0 aliphatic carbocycles. The number of nitrogens with one attached hydrogen (secondary N) is 2.